The van der Waals surface area contributed by atoms with E-state index >= 15 is 0 Å². The molecule has 0 aliphatic carbocycles. The second-order valence-corrected chi connectivity index (χ2v) is 6.43. The van der Waals surface area contributed by atoms with Crippen LogP contribution in [0.2, 0.25) is 5.02 Å². The van der Waals surface area contributed by atoms with E-state index in [0.29, 0.717) is 10.4 Å². The van der Waals surface area contributed by atoms with Crippen molar-refractivity contribution < 1.29 is 0 Å². The van der Waals surface area contributed by atoms with Crippen molar-refractivity contribution in [2.45, 2.75) is 0 Å². The Bertz CT molecular complexity index is 1330. The van der Waals surface area contributed by atoms with E-state index in [0.717, 1.165) is 38.0 Å². The summed E-state index contributed by atoms with van der Waals surface area (Å²) in [6, 6.07) is 21.6. The Kier molecular flexibility index (Phi) is 2.73. The highest BCUT2D eigenvalue weighted by atomic mass is 35.5. The summed E-state index contributed by atoms with van der Waals surface area (Å²) in [4.78, 5) is 16.6. The van der Waals surface area contributed by atoms with Crippen molar-refractivity contribution in [2.75, 3.05) is 0 Å². The number of aromatic amines is 1. The van der Waals surface area contributed by atoms with Crippen LogP contribution < -0.4 is 5.43 Å². The summed E-state index contributed by atoms with van der Waals surface area (Å²) in [7, 11) is 0. The highest BCUT2D eigenvalue weighted by molar-refractivity contribution is 6.35. The summed E-state index contributed by atoms with van der Waals surface area (Å²) < 4.78 is 0. The molecule has 2 nitrogen and oxygen atoms in total. The van der Waals surface area contributed by atoms with Crippen LogP contribution >= 0.6 is 11.6 Å². The zero-order valence-corrected chi connectivity index (χ0v) is 13.4. The molecular weight excluding hydrogens is 318 g/mol. The van der Waals surface area contributed by atoms with Gasteiger partial charge in [0.25, 0.3) is 0 Å². The molecule has 0 saturated heterocycles. The molecule has 0 bridgehead atoms. The molecule has 5 rings (SSSR count). The molecular formula is C21H12ClNO. The Hall–Kier alpha value is -2.84. The lowest BCUT2D eigenvalue weighted by Gasteiger charge is -2.08. The first kappa shape index (κ1) is 13.6. The first-order chi connectivity index (χ1) is 11.7. The molecule has 24 heavy (non-hydrogen) atoms. The fraction of sp³-hybridized carbons (Fsp3) is 0. The number of hydrogen-bond acceptors (Lipinski definition) is 1. The zero-order chi connectivity index (χ0) is 16.3. The second kappa shape index (κ2) is 4.83. The van der Waals surface area contributed by atoms with Gasteiger partial charge in [0, 0.05) is 15.8 Å². The quantitative estimate of drug-likeness (QED) is 0.289. The number of H-pyrrole nitrogens is 1. The molecule has 1 heterocycles. The van der Waals surface area contributed by atoms with Gasteiger partial charge >= 0.3 is 0 Å². The van der Waals surface area contributed by atoms with Crippen LogP contribution in [0.3, 0.4) is 0 Å². The van der Waals surface area contributed by atoms with Crippen molar-refractivity contribution in [1.82, 2.24) is 4.98 Å². The topological polar surface area (TPSA) is 32.9 Å². The van der Waals surface area contributed by atoms with Gasteiger partial charge in [-0.2, -0.15) is 0 Å². The number of rotatable bonds is 0. The van der Waals surface area contributed by atoms with Crippen molar-refractivity contribution in [3.63, 3.8) is 0 Å². The molecule has 4 aromatic carbocycles. The normalized spacial score (nSPS) is 11.7. The summed E-state index contributed by atoms with van der Waals surface area (Å²) in [5, 5.41) is 6.08. The standard InChI is InChI=1S/C21H12ClNO/c22-17-7-3-5-13-10-16-19(11-15(13)17)23-18-9-8-12-4-1-2-6-14(12)20(18)21(16)24/h1-11H,(H,23,24). The van der Waals surface area contributed by atoms with Gasteiger partial charge in [0.05, 0.1) is 16.4 Å². The predicted molar refractivity (Wildman–Crippen MR) is 102 cm³/mol. The van der Waals surface area contributed by atoms with E-state index in [9.17, 15) is 4.79 Å². The third kappa shape index (κ3) is 1.81. The highest BCUT2D eigenvalue weighted by Gasteiger charge is 2.10. The maximum Gasteiger partial charge on any atom is 0.197 e. The molecule has 3 heteroatoms. The first-order valence-corrected chi connectivity index (χ1v) is 8.16. The Morgan fingerprint density at radius 1 is 0.708 bits per heavy atom. The highest BCUT2D eigenvalue weighted by Crippen LogP contribution is 2.29. The predicted octanol–water partition coefficient (Wildman–Crippen LogP) is 5.64. The van der Waals surface area contributed by atoms with E-state index in [1.807, 2.05) is 66.7 Å². The van der Waals surface area contributed by atoms with E-state index in [-0.39, 0.29) is 5.43 Å². The number of hydrogen-bond donors (Lipinski definition) is 1. The van der Waals surface area contributed by atoms with Crippen LogP contribution in [-0.4, -0.2) is 4.98 Å². The average Bonchev–Trinajstić information content (AvgIpc) is 2.61. The number of halogens is 1. The number of benzene rings is 4. The lowest BCUT2D eigenvalue weighted by molar-refractivity contribution is 1.50. The van der Waals surface area contributed by atoms with Gasteiger partial charge in [-0.3, -0.25) is 4.79 Å². The van der Waals surface area contributed by atoms with Crippen LogP contribution in [0.15, 0.2) is 71.5 Å². The number of aromatic nitrogens is 1. The minimum Gasteiger partial charge on any atom is -0.354 e. The monoisotopic (exact) mass is 329 g/mol. The minimum absolute atomic E-state index is 0.0532. The van der Waals surface area contributed by atoms with Crippen LogP contribution in [0.1, 0.15) is 0 Å². The molecule has 0 atom stereocenters. The van der Waals surface area contributed by atoms with Gasteiger partial charge in [-0.05, 0) is 40.4 Å². The summed E-state index contributed by atoms with van der Waals surface area (Å²) in [5.74, 6) is 0. The van der Waals surface area contributed by atoms with E-state index in [1.165, 1.54) is 0 Å². The molecule has 0 unspecified atom stereocenters. The largest absolute Gasteiger partial charge is 0.354 e. The smallest absolute Gasteiger partial charge is 0.197 e. The fourth-order valence-electron chi connectivity index (χ4n) is 3.48. The van der Waals surface area contributed by atoms with E-state index in [1.54, 1.807) is 0 Å². The molecule has 114 valence electrons. The van der Waals surface area contributed by atoms with Crippen LogP contribution in [-0.2, 0) is 0 Å². The van der Waals surface area contributed by atoms with Gasteiger partial charge in [0.2, 0.25) is 0 Å². The third-order valence-electron chi connectivity index (χ3n) is 4.64. The third-order valence-corrected chi connectivity index (χ3v) is 4.96. The lowest BCUT2D eigenvalue weighted by Crippen LogP contribution is -2.05. The van der Waals surface area contributed by atoms with Crippen LogP contribution in [0.5, 0.6) is 0 Å². The summed E-state index contributed by atoms with van der Waals surface area (Å²) in [5.41, 5.74) is 1.71. The number of pyridine rings is 1. The second-order valence-electron chi connectivity index (χ2n) is 6.02. The van der Waals surface area contributed by atoms with Crippen LogP contribution in [0.25, 0.3) is 43.4 Å². The van der Waals surface area contributed by atoms with Gasteiger partial charge < -0.3 is 4.98 Å². The molecule has 1 aromatic heterocycles. The average molecular weight is 330 g/mol. The van der Waals surface area contributed by atoms with Crippen LogP contribution in [0, 0.1) is 0 Å². The van der Waals surface area contributed by atoms with Crippen molar-refractivity contribution in [3.05, 3.63) is 82.0 Å². The van der Waals surface area contributed by atoms with Gasteiger partial charge in [0.1, 0.15) is 0 Å². The molecule has 0 fully saturated rings. The number of nitrogens with one attached hydrogen (secondary N) is 1. The molecule has 5 aromatic rings. The fourth-order valence-corrected chi connectivity index (χ4v) is 3.71. The van der Waals surface area contributed by atoms with Gasteiger partial charge in [-0.25, -0.2) is 0 Å². The van der Waals surface area contributed by atoms with Crippen molar-refractivity contribution in [2.24, 2.45) is 0 Å². The molecule has 0 aliphatic heterocycles. The SMILES string of the molecule is O=c1c2cc3cccc(Cl)c3cc2[nH]c2ccc3ccccc3c12. The van der Waals surface area contributed by atoms with Crippen molar-refractivity contribution in [3.8, 4) is 0 Å². The molecule has 0 spiro atoms. The summed E-state index contributed by atoms with van der Waals surface area (Å²) >= 11 is 6.30. The number of fused-ring (bicyclic) bond motifs is 5. The molecule has 0 aliphatic rings. The van der Waals surface area contributed by atoms with E-state index < -0.39 is 0 Å². The van der Waals surface area contributed by atoms with E-state index in [2.05, 4.69) is 4.98 Å². The maximum atomic E-state index is 13.2. The van der Waals surface area contributed by atoms with Gasteiger partial charge in [-0.1, -0.05) is 54.1 Å². The van der Waals surface area contributed by atoms with E-state index in [4.69, 9.17) is 11.6 Å². The molecule has 1 N–H and O–H groups in total. The van der Waals surface area contributed by atoms with Gasteiger partial charge in [-0.15, -0.1) is 0 Å². The Balaban J connectivity index is 2.05. The molecule has 0 saturated carbocycles. The zero-order valence-electron chi connectivity index (χ0n) is 12.6. The van der Waals surface area contributed by atoms with Crippen molar-refractivity contribution in [1.29, 1.82) is 0 Å². The molecule has 0 amide bonds. The maximum absolute atomic E-state index is 13.2. The van der Waals surface area contributed by atoms with Gasteiger partial charge in [0.15, 0.2) is 5.43 Å². The van der Waals surface area contributed by atoms with Crippen molar-refractivity contribution >= 4 is 55.0 Å². The Labute approximate surface area is 142 Å². The Morgan fingerprint density at radius 2 is 1.54 bits per heavy atom. The molecule has 0 radical (unpaired) electrons. The summed E-state index contributed by atoms with van der Waals surface area (Å²) in [6.07, 6.45) is 0. The minimum atomic E-state index is 0.0532. The van der Waals surface area contributed by atoms with Crippen LogP contribution in [0.4, 0.5) is 0 Å². The first-order valence-electron chi connectivity index (χ1n) is 7.78. The lowest BCUT2D eigenvalue weighted by atomic mass is 10.0. The Morgan fingerprint density at radius 3 is 2.46 bits per heavy atom. The summed E-state index contributed by atoms with van der Waals surface area (Å²) in [6.45, 7) is 0.